The summed E-state index contributed by atoms with van der Waals surface area (Å²) in [5.74, 6) is 0.0853. The van der Waals surface area contributed by atoms with Crippen molar-refractivity contribution in [2.24, 2.45) is 5.14 Å². The van der Waals surface area contributed by atoms with E-state index in [9.17, 15) is 13.2 Å². The topological polar surface area (TPSA) is 89.7 Å². The zero-order valence-electron chi connectivity index (χ0n) is 11.6. The van der Waals surface area contributed by atoms with Gasteiger partial charge in [0.05, 0.1) is 17.9 Å². The number of carbonyl (C=O) groups is 1. The first-order valence-electron chi connectivity index (χ1n) is 6.47. The molecule has 0 spiro atoms. The Morgan fingerprint density at radius 3 is 2.81 bits per heavy atom. The number of hydrogen-bond acceptors (Lipinski definition) is 4. The van der Waals surface area contributed by atoms with Gasteiger partial charge in [-0.1, -0.05) is 11.6 Å². The summed E-state index contributed by atoms with van der Waals surface area (Å²) in [6, 6.07) is 4.72. The second-order valence-electron chi connectivity index (χ2n) is 4.95. The molecule has 0 radical (unpaired) electrons. The Morgan fingerprint density at radius 1 is 1.48 bits per heavy atom. The number of rotatable bonds is 3. The molecule has 116 valence electrons. The van der Waals surface area contributed by atoms with Crippen LogP contribution in [-0.2, 0) is 10.0 Å². The Balaban J connectivity index is 2.24. The van der Waals surface area contributed by atoms with Crippen molar-refractivity contribution >= 4 is 27.5 Å². The number of methoxy groups -OCH3 is 1. The normalized spacial score (nSPS) is 19.4. The van der Waals surface area contributed by atoms with Gasteiger partial charge in [0.25, 0.3) is 5.91 Å². The molecule has 1 atom stereocenters. The first-order chi connectivity index (χ1) is 9.82. The molecule has 0 aliphatic carbocycles. The molecular weight excluding hydrogens is 316 g/mol. The Hall–Kier alpha value is -1.31. The highest BCUT2D eigenvalue weighted by Crippen LogP contribution is 2.26. The lowest BCUT2D eigenvalue weighted by Crippen LogP contribution is -2.47. The lowest BCUT2D eigenvalue weighted by Gasteiger charge is -2.31. The zero-order valence-corrected chi connectivity index (χ0v) is 13.2. The molecule has 2 rings (SSSR count). The fraction of sp³-hybridized carbons (Fsp3) is 0.462. The number of hydrogen-bond donors (Lipinski definition) is 1. The fourth-order valence-electron chi connectivity index (χ4n) is 2.40. The van der Waals surface area contributed by atoms with E-state index < -0.39 is 15.3 Å². The SMILES string of the molecule is COc1cc(Cl)ccc1C(=O)N1CCCC(S(N)(=O)=O)C1. The number of carbonyl (C=O) groups excluding carboxylic acids is 1. The standard InChI is InChI=1S/C13H17ClN2O4S/c1-20-12-7-9(14)4-5-11(12)13(17)16-6-2-3-10(8-16)21(15,18)19/h4-5,7,10H,2-3,6,8H2,1H3,(H2,15,18,19). The van der Waals surface area contributed by atoms with E-state index in [1.807, 2.05) is 0 Å². The predicted octanol–water partition coefficient (Wildman–Crippen LogP) is 1.24. The summed E-state index contributed by atoms with van der Waals surface area (Å²) in [5.41, 5.74) is 0.358. The molecule has 1 heterocycles. The number of halogens is 1. The van der Waals surface area contributed by atoms with Crippen LogP contribution in [0.5, 0.6) is 5.75 Å². The van der Waals surface area contributed by atoms with E-state index in [2.05, 4.69) is 0 Å². The van der Waals surface area contributed by atoms with Gasteiger partial charge in [0.15, 0.2) is 0 Å². The largest absolute Gasteiger partial charge is 0.496 e. The Bertz CT molecular complexity index is 648. The Morgan fingerprint density at radius 2 is 2.19 bits per heavy atom. The number of nitrogens with two attached hydrogens (primary N) is 1. The van der Waals surface area contributed by atoms with E-state index in [1.165, 1.54) is 12.0 Å². The molecule has 1 aliphatic rings. The van der Waals surface area contributed by atoms with E-state index >= 15 is 0 Å². The highest BCUT2D eigenvalue weighted by molar-refractivity contribution is 7.89. The summed E-state index contributed by atoms with van der Waals surface area (Å²) in [6.45, 7) is 0.597. The minimum Gasteiger partial charge on any atom is -0.496 e. The molecule has 0 saturated carbocycles. The molecule has 1 saturated heterocycles. The van der Waals surface area contributed by atoms with Crippen molar-refractivity contribution < 1.29 is 17.9 Å². The lowest BCUT2D eigenvalue weighted by atomic mass is 10.1. The first-order valence-corrected chi connectivity index (χ1v) is 8.46. The summed E-state index contributed by atoms with van der Waals surface area (Å²) in [5, 5.41) is 4.93. The molecule has 8 heteroatoms. The number of nitrogens with zero attached hydrogens (tertiary/aromatic N) is 1. The van der Waals surface area contributed by atoms with Crippen molar-refractivity contribution in [2.45, 2.75) is 18.1 Å². The van der Waals surface area contributed by atoms with Gasteiger partial charge in [0.1, 0.15) is 5.75 Å². The van der Waals surface area contributed by atoms with Gasteiger partial charge in [0.2, 0.25) is 10.0 Å². The minimum absolute atomic E-state index is 0.101. The quantitative estimate of drug-likeness (QED) is 0.901. The third-order valence-electron chi connectivity index (χ3n) is 3.52. The monoisotopic (exact) mass is 332 g/mol. The Labute approximate surface area is 128 Å². The van der Waals surface area contributed by atoms with Gasteiger partial charge >= 0.3 is 0 Å². The van der Waals surface area contributed by atoms with Crippen molar-refractivity contribution in [1.82, 2.24) is 4.90 Å². The molecule has 21 heavy (non-hydrogen) atoms. The van der Waals surface area contributed by atoms with Crippen LogP contribution in [0.2, 0.25) is 5.02 Å². The number of piperidine rings is 1. The number of primary sulfonamides is 1. The molecule has 0 aromatic heterocycles. The zero-order chi connectivity index (χ0) is 15.6. The lowest BCUT2D eigenvalue weighted by molar-refractivity contribution is 0.0723. The molecule has 0 bridgehead atoms. The van der Waals surface area contributed by atoms with Gasteiger partial charge in [-0.25, -0.2) is 13.6 Å². The molecule has 2 N–H and O–H groups in total. The molecule has 1 aliphatic heterocycles. The number of benzene rings is 1. The molecule has 1 aromatic rings. The average molecular weight is 333 g/mol. The van der Waals surface area contributed by atoms with Crippen LogP contribution in [0.25, 0.3) is 0 Å². The van der Waals surface area contributed by atoms with Crippen LogP contribution in [0.1, 0.15) is 23.2 Å². The van der Waals surface area contributed by atoms with Crippen molar-refractivity contribution in [2.75, 3.05) is 20.2 Å². The second kappa shape index (κ2) is 6.21. The van der Waals surface area contributed by atoms with Crippen LogP contribution in [0, 0.1) is 0 Å². The third kappa shape index (κ3) is 3.66. The van der Waals surface area contributed by atoms with Gasteiger partial charge in [-0.2, -0.15) is 0 Å². The van der Waals surface area contributed by atoms with Gasteiger partial charge < -0.3 is 9.64 Å². The number of likely N-dealkylation sites (tertiary alicyclic amines) is 1. The van der Waals surface area contributed by atoms with E-state index in [-0.39, 0.29) is 12.5 Å². The molecule has 1 unspecified atom stereocenters. The molecule has 1 aromatic carbocycles. The van der Waals surface area contributed by atoms with Crippen LogP contribution >= 0.6 is 11.6 Å². The van der Waals surface area contributed by atoms with E-state index in [0.717, 1.165) is 0 Å². The van der Waals surface area contributed by atoms with Gasteiger partial charge in [-0.15, -0.1) is 0 Å². The van der Waals surface area contributed by atoms with Crippen LogP contribution in [0.4, 0.5) is 0 Å². The van der Waals surface area contributed by atoms with Crippen molar-refractivity contribution in [3.8, 4) is 5.75 Å². The summed E-state index contributed by atoms with van der Waals surface area (Å²) in [7, 11) is -2.19. The van der Waals surface area contributed by atoms with Crippen LogP contribution in [0.15, 0.2) is 18.2 Å². The highest BCUT2D eigenvalue weighted by atomic mass is 35.5. The van der Waals surface area contributed by atoms with E-state index in [0.29, 0.717) is 35.7 Å². The summed E-state index contributed by atoms with van der Waals surface area (Å²) in [6.07, 6.45) is 1.07. The maximum absolute atomic E-state index is 12.5. The third-order valence-corrected chi connectivity index (χ3v) is 5.07. The van der Waals surface area contributed by atoms with Crippen molar-refractivity contribution in [3.63, 3.8) is 0 Å². The van der Waals surface area contributed by atoms with Gasteiger partial charge in [-0.05, 0) is 31.0 Å². The molecule has 1 fully saturated rings. The van der Waals surface area contributed by atoms with Crippen LogP contribution in [0.3, 0.4) is 0 Å². The van der Waals surface area contributed by atoms with Crippen molar-refractivity contribution in [1.29, 1.82) is 0 Å². The number of ether oxygens (including phenoxy) is 1. The molecule has 1 amide bonds. The maximum Gasteiger partial charge on any atom is 0.257 e. The maximum atomic E-state index is 12.5. The smallest absolute Gasteiger partial charge is 0.257 e. The van der Waals surface area contributed by atoms with Crippen LogP contribution in [-0.4, -0.2) is 44.7 Å². The first kappa shape index (κ1) is 16.1. The van der Waals surface area contributed by atoms with Crippen LogP contribution < -0.4 is 9.88 Å². The Kier molecular flexibility index (Phi) is 4.75. The summed E-state index contributed by atoms with van der Waals surface area (Å²) < 4.78 is 28.1. The second-order valence-corrected chi connectivity index (χ2v) is 7.23. The fourth-order valence-corrected chi connectivity index (χ4v) is 3.45. The summed E-state index contributed by atoms with van der Waals surface area (Å²) >= 11 is 5.87. The molecular formula is C13H17ClN2O4S. The minimum atomic E-state index is -3.64. The number of amides is 1. The number of sulfonamides is 1. The molecule has 6 nitrogen and oxygen atoms in total. The highest BCUT2D eigenvalue weighted by Gasteiger charge is 2.31. The van der Waals surface area contributed by atoms with Gasteiger partial charge in [0, 0.05) is 18.1 Å². The van der Waals surface area contributed by atoms with E-state index in [1.54, 1.807) is 18.2 Å². The average Bonchev–Trinajstić information content (AvgIpc) is 2.45. The van der Waals surface area contributed by atoms with Crippen molar-refractivity contribution in [3.05, 3.63) is 28.8 Å². The predicted molar refractivity (Wildman–Crippen MR) is 80.0 cm³/mol. The van der Waals surface area contributed by atoms with Gasteiger partial charge in [-0.3, -0.25) is 4.79 Å². The summed E-state index contributed by atoms with van der Waals surface area (Å²) in [4.78, 5) is 14.0. The van der Waals surface area contributed by atoms with E-state index in [4.69, 9.17) is 21.5 Å².